The molecule has 0 aliphatic rings. The van der Waals surface area contributed by atoms with Gasteiger partial charge in [-0.3, -0.25) is 0 Å². The van der Waals surface area contributed by atoms with Gasteiger partial charge >= 0.3 is 0 Å². The van der Waals surface area contributed by atoms with Crippen LogP contribution in [0.15, 0.2) is 45.5 Å². The minimum absolute atomic E-state index is 0.557. The van der Waals surface area contributed by atoms with Gasteiger partial charge in [0.1, 0.15) is 11.9 Å². The minimum atomic E-state index is -0.714. The molecule has 0 bridgehead atoms. The van der Waals surface area contributed by atoms with E-state index in [1.54, 1.807) is 18.4 Å². The maximum atomic E-state index is 10.1. The molecule has 0 spiro atoms. The molecule has 0 saturated heterocycles. The third-order valence-electron chi connectivity index (χ3n) is 2.33. The molecule has 1 unspecified atom stereocenters. The Hall–Kier alpha value is -1.06. The van der Waals surface area contributed by atoms with Crippen molar-refractivity contribution >= 4 is 15.9 Å². The number of aryl methyl sites for hydroxylation is 1. The topological polar surface area (TPSA) is 33.4 Å². The number of aliphatic hydroxyl groups excluding tert-OH is 1. The molecule has 0 saturated carbocycles. The molecular weight excluding hydrogens is 256 g/mol. The van der Waals surface area contributed by atoms with E-state index in [1.165, 1.54) is 0 Å². The summed E-state index contributed by atoms with van der Waals surface area (Å²) in [5.74, 6) is 0.557. The first-order chi connectivity index (χ1) is 7.20. The molecule has 15 heavy (non-hydrogen) atoms. The number of hydrogen-bond donors (Lipinski definition) is 1. The van der Waals surface area contributed by atoms with Gasteiger partial charge in [0.15, 0.2) is 0 Å². The van der Waals surface area contributed by atoms with Gasteiger partial charge in [0, 0.05) is 10.0 Å². The highest BCUT2D eigenvalue weighted by atomic mass is 79.9. The van der Waals surface area contributed by atoms with E-state index in [2.05, 4.69) is 15.9 Å². The highest BCUT2D eigenvalue weighted by molar-refractivity contribution is 9.10. The first kappa shape index (κ1) is 10.5. The van der Waals surface area contributed by atoms with Crippen LogP contribution < -0.4 is 0 Å². The fourth-order valence-corrected chi connectivity index (χ4v) is 1.96. The standard InChI is InChI=1S/C12H11BrO2/c1-8-4-2-5-9(11(8)13)12(14)10-6-3-7-15-10/h2-7,12,14H,1H3. The van der Waals surface area contributed by atoms with Gasteiger partial charge in [-0.15, -0.1) is 0 Å². The van der Waals surface area contributed by atoms with Crippen LogP contribution in [0.5, 0.6) is 0 Å². The molecule has 1 atom stereocenters. The van der Waals surface area contributed by atoms with E-state index in [0.717, 1.165) is 15.6 Å². The molecule has 0 amide bonds. The minimum Gasteiger partial charge on any atom is -0.466 e. The summed E-state index contributed by atoms with van der Waals surface area (Å²) in [6.07, 6.45) is 0.844. The molecule has 1 aromatic carbocycles. The van der Waals surface area contributed by atoms with Crippen molar-refractivity contribution in [1.82, 2.24) is 0 Å². The lowest BCUT2D eigenvalue weighted by molar-refractivity contribution is 0.188. The Balaban J connectivity index is 2.42. The molecule has 3 heteroatoms. The SMILES string of the molecule is Cc1cccc(C(O)c2ccco2)c1Br. The third-order valence-corrected chi connectivity index (χ3v) is 3.41. The molecule has 1 heterocycles. The van der Waals surface area contributed by atoms with Crippen LogP contribution in [-0.2, 0) is 0 Å². The van der Waals surface area contributed by atoms with Gasteiger partial charge < -0.3 is 9.52 Å². The predicted octanol–water partition coefficient (Wildman–Crippen LogP) is 3.43. The van der Waals surface area contributed by atoms with Crippen molar-refractivity contribution in [2.24, 2.45) is 0 Å². The third kappa shape index (κ3) is 1.98. The van der Waals surface area contributed by atoms with Crippen molar-refractivity contribution in [1.29, 1.82) is 0 Å². The summed E-state index contributed by atoms with van der Waals surface area (Å²) in [5, 5.41) is 10.1. The Kier molecular flexibility index (Phi) is 2.93. The summed E-state index contributed by atoms with van der Waals surface area (Å²) in [7, 11) is 0. The van der Waals surface area contributed by atoms with Gasteiger partial charge in [0.25, 0.3) is 0 Å². The number of furan rings is 1. The number of hydrogen-bond acceptors (Lipinski definition) is 2. The molecule has 2 rings (SSSR count). The predicted molar refractivity (Wildman–Crippen MR) is 61.6 cm³/mol. The maximum Gasteiger partial charge on any atom is 0.138 e. The fourth-order valence-electron chi connectivity index (χ4n) is 1.48. The lowest BCUT2D eigenvalue weighted by Crippen LogP contribution is -1.99. The van der Waals surface area contributed by atoms with Gasteiger partial charge in [-0.05, 0) is 24.6 Å². The van der Waals surface area contributed by atoms with Crippen LogP contribution in [0.4, 0.5) is 0 Å². The largest absolute Gasteiger partial charge is 0.466 e. The van der Waals surface area contributed by atoms with Gasteiger partial charge in [-0.2, -0.15) is 0 Å². The van der Waals surface area contributed by atoms with Crippen LogP contribution in [0.25, 0.3) is 0 Å². The quantitative estimate of drug-likeness (QED) is 0.904. The summed E-state index contributed by atoms with van der Waals surface area (Å²) in [5.41, 5.74) is 1.92. The first-order valence-electron chi connectivity index (χ1n) is 4.66. The lowest BCUT2D eigenvalue weighted by Gasteiger charge is -2.11. The van der Waals surface area contributed by atoms with E-state index in [0.29, 0.717) is 5.76 Å². The Bertz CT molecular complexity index is 449. The van der Waals surface area contributed by atoms with Gasteiger partial charge in [-0.1, -0.05) is 34.1 Å². The second kappa shape index (κ2) is 4.21. The zero-order valence-corrected chi connectivity index (χ0v) is 9.86. The monoisotopic (exact) mass is 266 g/mol. The van der Waals surface area contributed by atoms with Crippen molar-refractivity contribution in [3.8, 4) is 0 Å². The van der Waals surface area contributed by atoms with Crippen LogP contribution >= 0.6 is 15.9 Å². The zero-order chi connectivity index (χ0) is 10.8. The van der Waals surface area contributed by atoms with Crippen molar-refractivity contribution in [3.05, 3.63) is 58.0 Å². The molecule has 78 valence electrons. The van der Waals surface area contributed by atoms with E-state index >= 15 is 0 Å². The normalized spacial score (nSPS) is 12.7. The second-order valence-corrected chi connectivity index (χ2v) is 4.19. The van der Waals surface area contributed by atoms with Gasteiger partial charge in [0.2, 0.25) is 0 Å². The van der Waals surface area contributed by atoms with Crippen LogP contribution in [0.2, 0.25) is 0 Å². The van der Waals surface area contributed by atoms with E-state index < -0.39 is 6.10 Å². The summed E-state index contributed by atoms with van der Waals surface area (Å²) in [6, 6.07) is 9.32. The summed E-state index contributed by atoms with van der Waals surface area (Å²) in [6.45, 7) is 1.99. The van der Waals surface area contributed by atoms with E-state index in [4.69, 9.17) is 4.42 Å². The van der Waals surface area contributed by atoms with Crippen LogP contribution in [0.3, 0.4) is 0 Å². The highest BCUT2D eigenvalue weighted by Crippen LogP contribution is 2.30. The molecule has 2 aromatic rings. The van der Waals surface area contributed by atoms with E-state index in [1.807, 2.05) is 25.1 Å². The van der Waals surface area contributed by atoms with Crippen molar-refractivity contribution in [2.45, 2.75) is 13.0 Å². The smallest absolute Gasteiger partial charge is 0.138 e. The van der Waals surface area contributed by atoms with Crippen molar-refractivity contribution < 1.29 is 9.52 Å². The molecule has 0 aliphatic heterocycles. The first-order valence-corrected chi connectivity index (χ1v) is 5.46. The summed E-state index contributed by atoms with van der Waals surface area (Å²) >= 11 is 3.46. The molecule has 2 nitrogen and oxygen atoms in total. The number of halogens is 1. The van der Waals surface area contributed by atoms with Crippen LogP contribution in [-0.4, -0.2) is 5.11 Å². The Morgan fingerprint density at radius 2 is 2.07 bits per heavy atom. The van der Waals surface area contributed by atoms with Gasteiger partial charge in [0.05, 0.1) is 6.26 Å². The highest BCUT2D eigenvalue weighted by Gasteiger charge is 2.16. The number of benzene rings is 1. The fraction of sp³-hybridized carbons (Fsp3) is 0.167. The van der Waals surface area contributed by atoms with Crippen LogP contribution in [0, 0.1) is 6.92 Å². The Labute approximate surface area is 96.7 Å². The average molecular weight is 267 g/mol. The van der Waals surface area contributed by atoms with E-state index in [9.17, 15) is 5.11 Å². The van der Waals surface area contributed by atoms with Crippen LogP contribution in [0.1, 0.15) is 23.0 Å². The van der Waals surface area contributed by atoms with Crippen molar-refractivity contribution in [3.63, 3.8) is 0 Å². The van der Waals surface area contributed by atoms with Crippen molar-refractivity contribution in [2.75, 3.05) is 0 Å². The molecule has 1 aromatic heterocycles. The zero-order valence-electron chi connectivity index (χ0n) is 8.27. The molecule has 0 fully saturated rings. The maximum absolute atomic E-state index is 10.1. The lowest BCUT2D eigenvalue weighted by atomic mass is 10.1. The molecule has 0 aliphatic carbocycles. The molecular formula is C12H11BrO2. The van der Waals surface area contributed by atoms with E-state index in [-0.39, 0.29) is 0 Å². The number of rotatable bonds is 2. The molecule has 1 N–H and O–H groups in total. The Morgan fingerprint density at radius 3 is 2.73 bits per heavy atom. The summed E-state index contributed by atoms with van der Waals surface area (Å²) in [4.78, 5) is 0. The molecule has 0 radical (unpaired) electrons. The summed E-state index contributed by atoms with van der Waals surface area (Å²) < 4.78 is 6.10. The Morgan fingerprint density at radius 1 is 1.27 bits per heavy atom. The second-order valence-electron chi connectivity index (χ2n) is 3.40. The van der Waals surface area contributed by atoms with Gasteiger partial charge in [-0.25, -0.2) is 0 Å². The average Bonchev–Trinajstić information content (AvgIpc) is 2.74. The number of aliphatic hydroxyl groups is 1.